The molecule has 5 nitrogen and oxygen atoms in total. The van der Waals surface area contributed by atoms with Crippen LogP contribution in [0, 0.1) is 0 Å². The van der Waals surface area contributed by atoms with Crippen molar-refractivity contribution < 1.29 is 14.3 Å². The zero-order valence-corrected chi connectivity index (χ0v) is 14.0. The Labute approximate surface area is 134 Å². The molecule has 1 amide bonds. The fourth-order valence-electron chi connectivity index (χ4n) is 1.97. The second kappa shape index (κ2) is 7.38. The number of likely N-dealkylation sites (N-methyl/N-ethyl adjacent to an activating group) is 1. The number of methoxy groups -OCH3 is 2. The van der Waals surface area contributed by atoms with Gasteiger partial charge in [0.2, 0.25) is 0 Å². The average Bonchev–Trinajstić information content (AvgIpc) is 3.03. The molecule has 118 valence electrons. The average molecular weight is 320 g/mol. The molecular weight excluding hydrogens is 300 g/mol. The molecule has 0 saturated carbocycles. The van der Waals surface area contributed by atoms with Gasteiger partial charge in [-0.2, -0.15) is 0 Å². The summed E-state index contributed by atoms with van der Waals surface area (Å²) in [4.78, 5) is 18.5. The third kappa shape index (κ3) is 3.64. The zero-order valence-electron chi connectivity index (χ0n) is 13.2. The molecule has 0 radical (unpaired) electrons. The number of nitrogens with zero attached hydrogens (tertiary/aromatic N) is 2. The van der Waals surface area contributed by atoms with Crippen molar-refractivity contribution in [2.75, 3.05) is 27.9 Å². The van der Waals surface area contributed by atoms with Gasteiger partial charge in [0, 0.05) is 25.1 Å². The third-order valence-corrected chi connectivity index (χ3v) is 4.34. The van der Waals surface area contributed by atoms with E-state index in [1.54, 1.807) is 31.5 Å². The van der Waals surface area contributed by atoms with E-state index in [1.165, 1.54) is 11.3 Å². The van der Waals surface area contributed by atoms with Crippen LogP contribution in [0.3, 0.4) is 0 Å². The topological polar surface area (TPSA) is 51.7 Å². The lowest BCUT2D eigenvalue weighted by Gasteiger charge is -2.23. The van der Waals surface area contributed by atoms with Gasteiger partial charge in [-0.05, 0) is 31.2 Å². The van der Waals surface area contributed by atoms with E-state index in [0.29, 0.717) is 12.3 Å². The van der Waals surface area contributed by atoms with Crippen LogP contribution >= 0.6 is 11.3 Å². The number of aromatic nitrogens is 1. The second-order valence-electron chi connectivity index (χ2n) is 4.99. The van der Waals surface area contributed by atoms with Gasteiger partial charge in [-0.3, -0.25) is 4.79 Å². The summed E-state index contributed by atoms with van der Waals surface area (Å²) in [5, 5.41) is 2.61. The summed E-state index contributed by atoms with van der Waals surface area (Å²) >= 11 is 1.46. The van der Waals surface area contributed by atoms with Crippen molar-refractivity contribution in [2.45, 2.75) is 13.0 Å². The number of amides is 1. The van der Waals surface area contributed by atoms with Crippen molar-refractivity contribution >= 4 is 17.2 Å². The minimum atomic E-state index is -0.0967. The summed E-state index contributed by atoms with van der Waals surface area (Å²) in [5.74, 6) is 0.699. The van der Waals surface area contributed by atoms with Gasteiger partial charge in [-0.25, -0.2) is 4.98 Å². The smallest absolute Gasteiger partial charge is 0.273 e. The third-order valence-electron chi connectivity index (χ3n) is 3.45. The molecule has 22 heavy (non-hydrogen) atoms. The molecule has 1 atom stereocenters. The number of hydrogen-bond acceptors (Lipinski definition) is 5. The maximum absolute atomic E-state index is 12.4. The van der Waals surface area contributed by atoms with Crippen molar-refractivity contribution in [3.8, 4) is 16.3 Å². The summed E-state index contributed by atoms with van der Waals surface area (Å²) in [6.45, 7) is 2.44. The van der Waals surface area contributed by atoms with Crippen LogP contribution in [0.25, 0.3) is 10.6 Å². The fraction of sp³-hybridized carbons (Fsp3) is 0.375. The quantitative estimate of drug-likeness (QED) is 0.821. The molecule has 2 aromatic rings. The first-order chi connectivity index (χ1) is 10.6. The Balaban J connectivity index is 2.14. The molecule has 2 rings (SSSR count). The number of thiazole rings is 1. The van der Waals surface area contributed by atoms with Crippen molar-refractivity contribution in [3.05, 3.63) is 35.3 Å². The lowest BCUT2D eigenvalue weighted by Crippen LogP contribution is -2.37. The van der Waals surface area contributed by atoms with Crippen LogP contribution in [0.1, 0.15) is 17.4 Å². The molecule has 6 heteroatoms. The molecule has 0 aliphatic rings. The molecule has 1 aromatic carbocycles. The summed E-state index contributed by atoms with van der Waals surface area (Å²) in [7, 11) is 5.02. The Morgan fingerprint density at radius 2 is 2.00 bits per heavy atom. The molecule has 1 aromatic heterocycles. The Hall–Kier alpha value is -1.92. The highest BCUT2D eigenvalue weighted by atomic mass is 32.1. The van der Waals surface area contributed by atoms with Gasteiger partial charge >= 0.3 is 0 Å². The summed E-state index contributed by atoms with van der Waals surface area (Å²) in [6.07, 6.45) is 0. The zero-order chi connectivity index (χ0) is 16.1. The van der Waals surface area contributed by atoms with Gasteiger partial charge < -0.3 is 14.4 Å². The van der Waals surface area contributed by atoms with E-state index in [9.17, 15) is 4.79 Å². The van der Waals surface area contributed by atoms with Crippen LogP contribution in [0.15, 0.2) is 29.6 Å². The van der Waals surface area contributed by atoms with E-state index in [1.807, 2.05) is 31.2 Å². The minimum Gasteiger partial charge on any atom is -0.497 e. The van der Waals surface area contributed by atoms with Crippen LogP contribution in [0.5, 0.6) is 5.75 Å². The first-order valence-electron chi connectivity index (χ1n) is 6.93. The predicted octanol–water partition coefficient (Wildman–Crippen LogP) is 2.93. The number of carbonyl (C=O) groups excluding carboxylic acids is 1. The molecule has 0 spiro atoms. The fourth-order valence-corrected chi connectivity index (χ4v) is 2.77. The molecule has 0 aliphatic heterocycles. The first-order valence-corrected chi connectivity index (χ1v) is 7.80. The Morgan fingerprint density at radius 3 is 2.59 bits per heavy atom. The Morgan fingerprint density at radius 1 is 1.32 bits per heavy atom. The predicted molar refractivity (Wildman–Crippen MR) is 87.5 cm³/mol. The number of hydrogen-bond donors (Lipinski definition) is 0. The van der Waals surface area contributed by atoms with E-state index in [2.05, 4.69) is 4.98 Å². The summed E-state index contributed by atoms with van der Waals surface area (Å²) in [5.41, 5.74) is 1.43. The second-order valence-corrected chi connectivity index (χ2v) is 5.84. The minimum absolute atomic E-state index is 0.00337. The van der Waals surface area contributed by atoms with Crippen LogP contribution < -0.4 is 4.74 Å². The summed E-state index contributed by atoms with van der Waals surface area (Å²) < 4.78 is 10.2. The van der Waals surface area contributed by atoms with Crippen LogP contribution in [-0.4, -0.2) is 49.7 Å². The van der Waals surface area contributed by atoms with E-state index in [-0.39, 0.29) is 11.9 Å². The van der Waals surface area contributed by atoms with E-state index in [0.717, 1.165) is 16.3 Å². The SMILES string of the molecule is COC[C@@H](C)N(C)C(=O)c1csc(-c2ccc(OC)cc2)n1. The molecule has 0 bridgehead atoms. The highest BCUT2D eigenvalue weighted by molar-refractivity contribution is 7.13. The number of rotatable bonds is 6. The molecule has 0 fully saturated rings. The maximum atomic E-state index is 12.4. The number of carbonyl (C=O) groups is 1. The standard InChI is InChI=1S/C16H20N2O3S/c1-11(9-20-3)18(2)16(19)14-10-22-15(17-14)12-5-7-13(21-4)8-6-12/h5-8,10-11H,9H2,1-4H3/t11-/m1/s1. The van der Waals surface area contributed by atoms with Gasteiger partial charge in [0.1, 0.15) is 16.5 Å². The van der Waals surface area contributed by atoms with Gasteiger partial charge in [0.05, 0.1) is 19.8 Å². The number of benzene rings is 1. The van der Waals surface area contributed by atoms with Gasteiger partial charge in [0.25, 0.3) is 5.91 Å². The molecule has 0 N–H and O–H groups in total. The van der Waals surface area contributed by atoms with Crippen molar-refractivity contribution in [1.82, 2.24) is 9.88 Å². The Kier molecular flexibility index (Phi) is 5.51. The first kappa shape index (κ1) is 16.5. The lowest BCUT2D eigenvalue weighted by molar-refractivity contribution is 0.0629. The molecule has 0 aliphatic carbocycles. The molecule has 1 heterocycles. The van der Waals surface area contributed by atoms with Crippen molar-refractivity contribution in [2.24, 2.45) is 0 Å². The summed E-state index contributed by atoms with van der Waals surface area (Å²) in [6, 6.07) is 7.63. The van der Waals surface area contributed by atoms with E-state index < -0.39 is 0 Å². The largest absolute Gasteiger partial charge is 0.497 e. The normalized spacial score (nSPS) is 12.0. The Bertz CT molecular complexity index is 625. The van der Waals surface area contributed by atoms with Gasteiger partial charge in [0.15, 0.2) is 0 Å². The highest BCUT2D eigenvalue weighted by Gasteiger charge is 2.20. The van der Waals surface area contributed by atoms with Crippen LogP contribution in [-0.2, 0) is 4.74 Å². The lowest BCUT2D eigenvalue weighted by atomic mass is 10.2. The highest BCUT2D eigenvalue weighted by Crippen LogP contribution is 2.26. The van der Waals surface area contributed by atoms with Gasteiger partial charge in [-0.1, -0.05) is 0 Å². The molecule has 0 unspecified atom stereocenters. The number of ether oxygens (including phenoxy) is 2. The van der Waals surface area contributed by atoms with Crippen molar-refractivity contribution in [3.63, 3.8) is 0 Å². The van der Waals surface area contributed by atoms with Crippen LogP contribution in [0.4, 0.5) is 0 Å². The molecular formula is C16H20N2O3S. The van der Waals surface area contributed by atoms with E-state index >= 15 is 0 Å². The molecule has 0 saturated heterocycles. The monoisotopic (exact) mass is 320 g/mol. The van der Waals surface area contributed by atoms with Crippen molar-refractivity contribution in [1.29, 1.82) is 0 Å². The van der Waals surface area contributed by atoms with E-state index in [4.69, 9.17) is 9.47 Å². The maximum Gasteiger partial charge on any atom is 0.273 e. The van der Waals surface area contributed by atoms with Gasteiger partial charge in [-0.15, -0.1) is 11.3 Å². The van der Waals surface area contributed by atoms with Crippen LogP contribution in [0.2, 0.25) is 0 Å².